The van der Waals surface area contributed by atoms with Crippen LogP contribution in [-0.2, 0) is 16.4 Å². The van der Waals surface area contributed by atoms with Gasteiger partial charge in [-0.25, -0.2) is 13.1 Å². The second-order valence-corrected chi connectivity index (χ2v) is 8.66. The minimum atomic E-state index is -3.46. The Morgan fingerprint density at radius 2 is 2.16 bits per heavy atom. The van der Waals surface area contributed by atoms with Gasteiger partial charge >= 0.3 is 0 Å². The lowest BCUT2D eigenvalue weighted by Crippen LogP contribution is -2.33. The number of nitrogen functional groups attached to an aromatic ring is 1. The zero-order chi connectivity index (χ0) is 14.0. The number of aryl methyl sites for hydroxylation is 1. The molecule has 104 valence electrons. The number of sulfonamides is 1. The molecule has 0 radical (unpaired) electrons. The van der Waals surface area contributed by atoms with E-state index in [2.05, 4.69) is 4.72 Å². The molecule has 0 aliphatic heterocycles. The summed E-state index contributed by atoms with van der Waals surface area (Å²) in [5, 5.41) is 1.63. The predicted octanol–water partition coefficient (Wildman–Crippen LogP) is 2.61. The smallest absolute Gasteiger partial charge is 0.250 e. The number of anilines is 1. The minimum Gasteiger partial charge on any atom is -0.398 e. The molecule has 0 saturated heterocycles. The first-order valence-electron chi connectivity index (χ1n) is 5.78. The Balaban J connectivity index is 2.04. The lowest BCUT2D eigenvalue weighted by atomic mass is 10.2. The van der Waals surface area contributed by atoms with Gasteiger partial charge in [0.1, 0.15) is 4.21 Å². The number of thiophene rings is 2. The summed E-state index contributed by atoms with van der Waals surface area (Å²) in [6.45, 7) is 3.90. The molecule has 0 aliphatic carbocycles. The summed E-state index contributed by atoms with van der Waals surface area (Å²) in [4.78, 5) is 2.41. The van der Waals surface area contributed by atoms with Gasteiger partial charge in [-0.2, -0.15) is 0 Å². The Labute approximate surface area is 121 Å². The van der Waals surface area contributed by atoms with E-state index in [1.807, 2.05) is 26.0 Å². The van der Waals surface area contributed by atoms with Gasteiger partial charge in [0.2, 0.25) is 10.0 Å². The molecule has 0 spiro atoms. The van der Waals surface area contributed by atoms with Gasteiger partial charge in [-0.05, 0) is 38.5 Å². The number of rotatable bonds is 5. The molecule has 19 heavy (non-hydrogen) atoms. The molecule has 7 heteroatoms. The molecule has 4 nitrogen and oxygen atoms in total. The molecule has 1 atom stereocenters. The van der Waals surface area contributed by atoms with Crippen LogP contribution in [0.1, 0.15) is 16.7 Å². The van der Waals surface area contributed by atoms with Crippen LogP contribution in [0.5, 0.6) is 0 Å². The lowest BCUT2D eigenvalue weighted by molar-refractivity contribution is 0.563. The number of hydrogen-bond acceptors (Lipinski definition) is 5. The normalized spacial score (nSPS) is 13.6. The van der Waals surface area contributed by atoms with Crippen molar-refractivity contribution >= 4 is 38.4 Å². The van der Waals surface area contributed by atoms with Crippen LogP contribution in [0, 0.1) is 6.92 Å². The second-order valence-electron chi connectivity index (χ2n) is 4.44. The molecule has 2 heterocycles. The third-order valence-electron chi connectivity index (χ3n) is 2.52. The second kappa shape index (κ2) is 5.62. The van der Waals surface area contributed by atoms with Gasteiger partial charge in [-0.15, -0.1) is 22.7 Å². The summed E-state index contributed by atoms with van der Waals surface area (Å²) in [7, 11) is -3.46. The van der Waals surface area contributed by atoms with E-state index in [9.17, 15) is 8.42 Å². The fourth-order valence-electron chi connectivity index (χ4n) is 1.73. The van der Waals surface area contributed by atoms with E-state index in [4.69, 9.17) is 5.73 Å². The van der Waals surface area contributed by atoms with Gasteiger partial charge in [-0.3, -0.25) is 0 Å². The van der Waals surface area contributed by atoms with Crippen LogP contribution in [-0.4, -0.2) is 14.5 Å². The Kier molecular flexibility index (Phi) is 4.29. The Bertz CT molecular complexity index is 658. The molecule has 3 N–H and O–H groups in total. The zero-order valence-electron chi connectivity index (χ0n) is 10.7. The molecule has 0 fully saturated rings. The molecule has 0 bridgehead atoms. The molecule has 0 amide bonds. The molecule has 2 rings (SSSR count). The maximum atomic E-state index is 12.1. The zero-order valence-corrected chi connectivity index (χ0v) is 13.2. The van der Waals surface area contributed by atoms with Crippen LogP contribution < -0.4 is 10.5 Å². The maximum absolute atomic E-state index is 12.1. The first kappa shape index (κ1) is 14.5. The van der Waals surface area contributed by atoms with Crippen molar-refractivity contribution in [3.8, 4) is 0 Å². The van der Waals surface area contributed by atoms with Crippen molar-refractivity contribution in [1.82, 2.24) is 4.72 Å². The van der Waals surface area contributed by atoms with Crippen LogP contribution in [0.15, 0.2) is 27.8 Å². The van der Waals surface area contributed by atoms with Gasteiger partial charge < -0.3 is 5.73 Å². The quantitative estimate of drug-likeness (QED) is 0.890. The predicted molar refractivity (Wildman–Crippen MR) is 81.3 cm³/mol. The molecule has 0 saturated carbocycles. The minimum absolute atomic E-state index is 0.147. The molecular weight excluding hydrogens is 300 g/mol. The number of nitrogens with one attached hydrogen (secondary N) is 1. The van der Waals surface area contributed by atoms with Gasteiger partial charge in [0.05, 0.1) is 0 Å². The molecule has 2 aromatic heterocycles. The van der Waals surface area contributed by atoms with E-state index >= 15 is 0 Å². The summed E-state index contributed by atoms with van der Waals surface area (Å²) in [5.41, 5.74) is 6.03. The molecule has 0 aromatic carbocycles. The SMILES string of the molecule is Cc1ccc(CC(C)NS(=O)(=O)c2cc(N)cs2)s1. The third-order valence-corrected chi connectivity index (χ3v) is 6.59. The number of nitrogens with two attached hydrogens (primary N) is 1. The summed E-state index contributed by atoms with van der Waals surface area (Å²) in [6, 6.07) is 5.41. The first-order chi connectivity index (χ1) is 8.87. The molecule has 1 unspecified atom stereocenters. The van der Waals surface area contributed by atoms with Crippen LogP contribution >= 0.6 is 22.7 Å². The van der Waals surface area contributed by atoms with E-state index < -0.39 is 10.0 Å². The topological polar surface area (TPSA) is 72.2 Å². The van der Waals surface area contributed by atoms with E-state index in [0.717, 1.165) is 11.3 Å². The van der Waals surface area contributed by atoms with Crippen LogP contribution in [0.3, 0.4) is 0 Å². The van der Waals surface area contributed by atoms with E-state index in [-0.39, 0.29) is 10.3 Å². The monoisotopic (exact) mass is 316 g/mol. The lowest BCUT2D eigenvalue weighted by Gasteiger charge is -2.12. The Morgan fingerprint density at radius 3 is 2.68 bits per heavy atom. The van der Waals surface area contributed by atoms with Gasteiger partial charge in [0.15, 0.2) is 0 Å². The van der Waals surface area contributed by atoms with Crippen LogP contribution in [0.2, 0.25) is 0 Å². The highest BCUT2D eigenvalue weighted by molar-refractivity contribution is 7.91. The Morgan fingerprint density at radius 1 is 1.42 bits per heavy atom. The van der Waals surface area contributed by atoms with Gasteiger partial charge in [0, 0.05) is 26.9 Å². The van der Waals surface area contributed by atoms with Gasteiger partial charge in [0.25, 0.3) is 0 Å². The van der Waals surface area contributed by atoms with Crippen molar-refractivity contribution < 1.29 is 8.42 Å². The van der Waals surface area contributed by atoms with Gasteiger partial charge in [-0.1, -0.05) is 0 Å². The Hall–Kier alpha value is -0.890. The number of hydrogen-bond donors (Lipinski definition) is 2. The molecular formula is C12H16N2O2S3. The van der Waals surface area contributed by atoms with E-state index in [0.29, 0.717) is 12.1 Å². The van der Waals surface area contributed by atoms with Crippen molar-refractivity contribution in [3.05, 3.63) is 33.3 Å². The highest BCUT2D eigenvalue weighted by Crippen LogP contribution is 2.22. The first-order valence-corrected chi connectivity index (χ1v) is 8.96. The third kappa shape index (κ3) is 3.79. The highest BCUT2D eigenvalue weighted by Gasteiger charge is 2.19. The summed E-state index contributed by atoms with van der Waals surface area (Å²) in [6.07, 6.45) is 0.693. The average Bonchev–Trinajstić information content (AvgIpc) is 2.87. The van der Waals surface area contributed by atoms with Crippen molar-refractivity contribution in [1.29, 1.82) is 0 Å². The summed E-state index contributed by atoms with van der Waals surface area (Å²) in [5.74, 6) is 0. The highest BCUT2D eigenvalue weighted by atomic mass is 32.2. The fourth-order valence-corrected chi connectivity index (χ4v) is 5.09. The largest absolute Gasteiger partial charge is 0.398 e. The van der Waals surface area contributed by atoms with Crippen LogP contribution in [0.4, 0.5) is 5.69 Å². The standard InChI is InChI=1S/C12H16N2O2S3/c1-8(5-11-4-3-9(2)18-11)14-19(15,16)12-6-10(13)7-17-12/h3-4,6-8,14H,5,13H2,1-2H3. The average molecular weight is 316 g/mol. The van der Waals surface area contributed by atoms with Crippen molar-refractivity contribution in [2.75, 3.05) is 5.73 Å². The molecule has 0 aliphatic rings. The fraction of sp³-hybridized carbons (Fsp3) is 0.333. The van der Waals surface area contributed by atoms with E-state index in [1.165, 1.54) is 15.8 Å². The van der Waals surface area contributed by atoms with Crippen molar-refractivity contribution in [2.24, 2.45) is 0 Å². The van der Waals surface area contributed by atoms with Crippen molar-refractivity contribution in [3.63, 3.8) is 0 Å². The summed E-state index contributed by atoms with van der Waals surface area (Å²) >= 11 is 2.83. The molecule has 2 aromatic rings. The van der Waals surface area contributed by atoms with Crippen LogP contribution in [0.25, 0.3) is 0 Å². The van der Waals surface area contributed by atoms with Crippen molar-refractivity contribution in [2.45, 2.75) is 30.5 Å². The summed E-state index contributed by atoms with van der Waals surface area (Å²) < 4.78 is 27.1. The maximum Gasteiger partial charge on any atom is 0.250 e. The van der Waals surface area contributed by atoms with E-state index in [1.54, 1.807) is 16.7 Å².